The van der Waals surface area contributed by atoms with Gasteiger partial charge < -0.3 is 15.5 Å². The van der Waals surface area contributed by atoms with Gasteiger partial charge in [0, 0.05) is 10.6 Å². The smallest absolute Gasteiger partial charge is 0.335 e. The number of aryl methyl sites for hydroxylation is 1. The van der Waals surface area contributed by atoms with Crippen molar-refractivity contribution in [2.24, 2.45) is 0 Å². The van der Waals surface area contributed by atoms with Crippen LogP contribution in [0.4, 0.5) is 5.69 Å². The predicted octanol–water partition coefficient (Wildman–Crippen LogP) is 3.30. The number of anilines is 1. The van der Waals surface area contributed by atoms with Gasteiger partial charge in [0.05, 0.1) is 11.3 Å². The van der Waals surface area contributed by atoms with E-state index in [1.165, 1.54) is 18.2 Å². The van der Waals surface area contributed by atoms with Crippen molar-refractivity contribution in [3.05, 3.63) is 58.1 Å². The molecule has 0 radical (unpaired) electrons. The first-order valence-electron chi connectivity index (χ1n) is 6.01. The second kappa shape index (κ2) is 5.85. The molecule has 0 heterocycles. The molecule has 2 aromatic rings. The number of hydrogen-bond acceptors (Lipinski definition) is 3. The number of carboxylic acids is 1. The van der Waals surface area contributed by atoms with Gasteiger partial charge in [0.15, 0.2) is 0 Å². The molecule has 0 saturated heterocycles. The molecule has 0 bridgehead atoms. The molecule has 5 nitrogen and oxygen atoms in total. The molecule has 6 heteroatoms. The van der Waals surface area contributed by atoms with Crippen LogP contribution in [0.15, 0.2) is 36.4 Å². The Balaban J connectivity index is 2.25. The number of carboxylic acid groups (broad SMARTS) is 1. The lowest BCUT2D eigenvalue weighted by Gasteiger charge is -2.09. The van der Waals surface area contributed by atoms with Gasteiger partial charge in [0.1, 0.15) is 5.75 Å². The summed E-state index contributed by atoms with van der Waals surface area (Å²) in [5, 5.41) is 21.5. The predicted molar refractivity (Wildman–Crippen MR) is 79.2 cm³/mol. The van der Waals surface area contributed by atoms with E-state index in [0.29, 0.717) is 10.6 Å². The Labute approximate surface area is 125 Å². The summed E-state index contributed by atoms with van der Waals surface area (Å²) >= 11 is 5.89. The van der Waals surface area contributed by atoms with E-state index >= 15 is 0 Å². The van der Waals surface area contributed by atoms with Crippen molar-refractivity contribution in [1.29, 1.82) is 0 Å². The fourth-order valence-electron chi connectivity index (χ4n) is 1.83. The molecular weight excluding hydrogens is 294 g/mol. The maximum atomic E-state index is 12.1. The number of benzene rings is 2. The Morgan fingerprint density at radius 2 is 1.81 bits per heavy atom. The van der Waals surface area contributed by atoms with Gasteiger partial charge in [-0.25, -0.2) is 4.79 Å². The van der Waals surface area contributed by atoms with Gasteiger partial charge in [-0.15, -0.1) is 0 Å². The van der Waals surface area contributed by atoms with Crippen LogP contribution in [0.2, 0.25) is 5.02 Å². The van der Waals surface area contributed by atoms with Crippen molar-refractivity contribution in [3.63, 3.8) is 0 Å². The van der Waals surface area contributed by atoms with Gasteiger partial charge in [-0.2, -0.15) is 0 Å². The van der Waals surface area contributed by atoms with E-state index in [9.17, 15) is 14.7 Å². The highest BCUT2D eigenvalue weighted by molar-refractivity contribution is 6.31. The van der Waals surface area contributed by atoms with Gasteiger partial charge >= 0.3 is 5.97 Å². The van der Waals surface area contributed by atoms with Crippen molar-refractivity contribution in [1.82, 2.24) is 0 Å². The summed E-state index contributed by atoms with van der Waals surface area (Å²) in [5.41, 5.74) is 1.24. The number of phenolic OH excluding ortho intramolecular Hbond substituents is 1. The first kappa shape index (κ1) is 14.9. The number of hydrogen-bond donors (Lipinski definition) is 3. The van der Waals surface area contributed by atoms with Crippen LogP contribution in [0.25, 0.3) is 0 Å². The van der Waals surface area contributed by atoms with Crippen LogP contribution in [0, 0.1) is 6.92 Å². The van der Waals surface area contributed by atoms with E-state index in [1.54, 1.807) is 12.1 Å². The Hall–Kier alpha value is -2.53. The number of rotatable bonds is 3. The molecule has 0 aliphatic carbocycles. The second-order valence-corrected chi connectivity index (χ2v) is 4.94. The minimum Gasteiger partial charge on any atom is -0.506 e. The van der Waals surface area contributed by atoms with Gasteiger partial charge in [0.2, 0.25) is 0 Å². The number of amides is 1. The zero-order valence-electron chi connectivity index (χ0n) is 11.1. The largest absolute Gasteiger partial charge is 0.506 e. The van der Waals surface area contributed by atoms with Crippen LogP contribution >= 0.6 is 11.6 Å². The van der Waals surface area contributed by atoms with Crippen molar-refractivity contribution in [2.45, 2.75) is 6.92 Å². The van der Waals surface area contributed by atoms with E-state index < -0.39 is 11.9 Å². The summed E-state index contributed by atoms with van der Waals surface area (Å²) < 4.78 is 0. The second-order valence-electron chi connectivity index (χ2n) is 4.51. The summed E-state index contributed by atoms with van der Waals surface area (Å²) in [5.74, 6) is -1.92. The van der Waals surface area contributed by atoms with Crippen LogP contribution in [0.5, 0.6) is 5.75 Å². The normalized spacial score (nSPS) is 10.2. The van der Waals surface area contributed by atoms with Crippen LogP contribution in [-0.4, -0.2) is 22.1 Å². The molecule has 2 rings (SSSR count). The molecule has 2 aromatic carbocycles. The zero-order chi connectivity index (χ0) is 15.6. The van der Waals surface area contributed by atoms with Crippen LogP contribution in [-0.2, 0) is 0 Å². The summed E-state index contributed by atoms with van der Waals surface area (Å²) in [6.07, 6.45) is 0. The Kier molecular flexibility index (Phi) is 4.14. The molecule has 21 heavy (non-hydrogen) atoms. The number of aromatic hydroxyl groups is 1. The molecule has 0 aliphatic rings. The van der Waals surface area contributed by atoms with Crippen molar-refractivity contribution in [2.75, 3.05) is 5.32 Å². The van der Waals surface area contributed by atoms with Gasteiger partial charge in [-0.05, 0) is 48.9 Å². The third-order valence-corrected chi connectivity index (χ3v) is 3.02. The molecule has 0 spiro atoms. The number of aromatic carboxylic acids is 1. The number of phenols is 1. The molecule has 0 unspecified atom stereocenters. The molecule has 0 atom stereocenters. The van der Waals surface area contributed by atoms with Crippen LogP contribution < -0.4 is 5.32 Å². The highest BCUT2D eigenvalue weighted by Gasteiger charge is 2.12. The SMILES string of the molecule is Cc1cc(Cl)cc(C(=O)Nc2ccc(C(=O)O)cc2O)c1. The fourth-order valence-corrected chi connectivity index (χ4v) is 2.12. The topological polar surface area (TPSA) is 86.6 Å². The molecule has 0 saturated carbocycles. The average Bonchev–Trinajstić information content (AvgIpc) is 2.39. The summed E-state index contributed by atoms with van der Waals surface area (Å²) in [7, 11) is 0. The van der Waals surface area contributed by atoms with E-state index in [-0.39, 0.29) is 17.0 Å². The van der Waals surface area contributed by atoms with Crippen LogP contribution in [0.3, 0.4) is 0 Å². The van der Waals surface area contributed by atoms with Gasteiger partial charge in [0.25, 0.3) is 5.91 Å². The van der Waals surface area contributed by atoms with E-state index in [2.05, 4.69) is 5.32 Å². The molecule has 0 fully saturated rings. The molecule has 108 valence electrons. The molecular formula is C15H12ClNO4. The summed E-state index contributed by atoms with van der Waals surface area (Å²) in [6, 6.07) is 8.57. The third-order valence-electron chi connectivity index (χ3n) is 2.80. The first-order chi connectivity index (χ1) is 9.86. The number of carbonyl (C=O) groups is 2. The lowest BCUT2D eigenvalue weighted by atomic mass is 10.1. The highest BCUT2D eigenvalue weighted by atomic mass is 35.5. The minimum absolute atomic E-state index is 0.0656. The number of carbonyl (C=O) groups excluding carboxylic acids is 1. The quantitative estimate of drug-likeness (QED) is 0.759. The molecule has 0 aromatic heterocycles. The van der Waals surface area contributed by atoms with Gasteiger partial charge in [-0.1, -0.05) is 11.6 Å². The van der Waals surface area contributed by atoms with E-state index in [0.717, 1.165) is 11.6 Å². The number of halogens is 1. The molecule has 1 amide bonds. The van der Waals surface area contributed by atoms with Crippen molar-refractivity contribution >= 4 is 29.2 Å². The van der Waals surface area contributed by atoms with E-state index in [1.807, 2.05) is 6.92 Å². The third kappa shape index (κ3) is 3.52. The summed E-state index contributed by atoms with van der Waals surface area (Å²) in [4.78, 5) is 22.9. The maximum absolute atomic E-state index is 12.1. The standard InChI is InChI=1S/C15H12ClNO4/c1-8-4-10(6-11(16)5-8)14(19)17-12-3-2-9(15(20)21)7-13(12)18/h2-7,18H,1H3,(H,17,19)(H,20,21). The van der Waals surface area contributed by atoms with Crippen molar-refractivity contribution in [3.8, 4) is 5.75 Å². The maximum Gasteiger partial charge on any atom is 0.335 e. The number of nitrogens with one attached hydrogen (secondary N) is 1. The average molecular weight is 306 g/mol. The Morgan fingerprint density at radius 3 is 2.38 bits per heavy atom. The Morgan fingerprint density at radius 1 is 1.10 bits per heavy atom. The fraction of sp³-hybridized carbons (Fsp3) is 0.0667. The monoisotopic (exact) mass is 305 g/mol. The first-order valence-corrected chi connectivity index (χ1v) is 6.39. The minimum atomic E-state index is -1.16. The van der Waals surface area contributed by atoms with Crippen LogP contribution in [0.1, 0.15) is 26.3 Å². The van der Waals surface area contributed by atoms with Crippen molar-refractivity contribution < 1.29 is 19.8 Å². The Bertz CT molecular complexity index is 707. The molecule has 3 N–H and O–H groups in total. The lowest BCUT2D eigenvalue weighted by molar-refractivity contribution is 0.0696. The lowest BCUT2D eigenvalue weighted by Crippen LogP contribution is -2.12. The molecule has 0 aliphatic heterocycles. The summed E-state index contributed by atoms with van der Waals surface area (Å²) in [6.45, 7) is 1.81. The zero-order valence-corrected chi connectivity index (χ0v) is 11.8. The van der Waals surface area contributed by atoms with E-state index in [4.69, 9.17) is 16.7 Å². The highest BCUT2D eigenvalue weighted by Crippen LogP contribution is 2.25. The van der Waals surface area contributed by atoms with Gasteiger partial charge in [-0.3, -0.25) is 4.79 Å².